The lowest BCUT2D eigenvalue weighted by molar-refractivity contribution is 0.546. The van der Waals surface area contributed by atoms with Crippen LogP contribution in [-0.4, -0.2) is 0 Å². The molecular weight excluding hydrogens is 278 g/mol. The van der Waals surface area contributed by atoms with Crippen LogP contribution in [0.3, 0.4) is 0 Å². The second kappa shape index (κ2) is 4.04. The van der Waals surface area contributed by atoms with E-state index in [1.165, 1.54) is 12.1 Å². The fraction of sp³-hybridized carbons (Fsp3) is 0.100. The average molecular weight is 290 g/mol. The van der Waals surface area contributed by atoms with Crippen molar-refractivity contribution in [2.24, 2.45) is 0 Å². The molecule has 2 bridgehead atoms. The molecule has 3 aromatic carbocycles. The first-order chi connectivity index (χ1) is 10.8. The van der Waals surface area contributed by atoms with Crippen LogP contribution in [0.4, 0.5) is 8.78 Å². The van der Waals surface area contributed by atoms with Gasteiger partial charge in [0.05, 0.1) is 0 Å². The Hall–Kier alpha value is -2.48. The van der Waals surface area contributed by atoms with Gasteiger partial charge in [0, 0.05) is 23.0 Å². The highest BCUT2D eigenvalue weighted by Gasteiger charge is 2.43. The molecule has 6 rings (SSSR count). The molecule has 0 N–H and O–H groups in total. The fourth-order valence-electron chi connectivity index (χ4n) is 4.20. The van der Waals surface area contributed by atoms with E-state index in [0.29, 0.717) is 11.1 Å². The van der Waals surface area contributed by atoms with Crippen molar-refractivity contribution in [3.8, 4) is 0 Å². The van der Waals surface area contributed by atoms with E-state index >= 15 is 0 Å². The molecule has 0 fully saturated rings. The first kappa shape index (κ1) is 12.1. The SMILES string of the molecule is Fc1ccc(F)c2c1C1c3ccccc3C2c2ccccc21. The molecule has 2 heteroatoms. The Morgan fingerprint density at radius 3 is 1.14 bits per heavy atom. The molecule has 0 aromatic heterocycles. The Labute approximate surface area is 127 Å². The summed E-state index contributed by atoms with van der Waals surface area (Å²) in [6, 6.07) is 18.5. The van der Waals surface area contributed by atoms with Gasteiger partial charge >= 0.3 is 0 Å². The maximum Gasteiger partial charge on any atom is 0.127 e. The second-order valence-electron chi connectivity index (χ2n) is 5.98. The minimum Gasteiger partial charge on any atom is -0.207 e. The summed E-state index contributed by atoms with van der Waals surface area (Å²) in [6.07, 6.45) is 0. The van der Waals surface area contributed by atoms with E-state index < -0.39 is 0 Å². The van der Waals surface area contributed by atoms with E-state index in [4.69, 9.17) is 0 Å². The van der Waals surface area contributed by atoms with E-state index in [9.17, 15) is 8.78 Å². The largest absolute Gasteiger partial charge is 0.207 e. The van der Waals surface area contributed by atoms with Crippen LogP contribution < -0.4 is 0 Å². The van der Waals surface area contributed by atoms with Crippen LogP contribution in [-0.2, 0) is 0 Å². The van der Waals surface area contributed by atoms with E-state index in [0.717, 1.165) is 22.3 Å². The summed E-state index contributed by atoms with van der Waals surface area (Å²) in [6.45, 7) is 0. The van der Waals surface area contributed by atoms with E-state index in [-0.39, 0.29) is 23.5 Å². The molecule has 0 heterocycles. The number of hydrogen-bond donors (Lipinski definition) is 0. The Bertz CT molecular complexity index is 804. The van der Waals surface area contributed by atoms with Crippen LogP contribution in [0.2, 0.25) is 0 Å². The van der Waals surface area contributed by atoms with Crippen molar-refractivity contribution in [2.45, 2.75) is 11.8 Å². The van der Waals surface area contributed by atoms with Crippen LogP contribution in [0.15, 0.2) is 60.7 Å². The number of halogens is 2. The third-order valence-corrected chi connectivity index (χ3v) is 4.99. The van der Waals surface area contributed by atoms with Gasteiger partial charge in [0.1, 0.15) is 11.6 Å². The predicted molar refractivity (Wildman–Crippen MR) is 81.1 cm³/mol. The van der Waals surface area contributed by atoms with Crippen LogP contribution >= 0.6 is 0 Å². The second-order valence-corrected chi connectivity index (χ2v) is 5.98. The monoisotopic (exact) mass is 290 g/mol. The van der Waals surface area contributed by atoms with Gasteiger partial charge in [0.2, 0.25) is 0 Å². The van der Waals surface area contributed by atoms with Gasteiger partial charge in [-0.3, -0.25) is 0 Å². The van der Waals surface area contributed by atoms with E-state index in [1.54, 1.807) is 0 Å². The van der Waals surface area contributed by atoms with Crippen molar-refractivity contribution >= 4 is 0 Å². The topological polar surface area (TPSA) is 0 Å². The Morgan fingerprint density at radius 2 is 0.818 bits per heavy atom. The van der Waals surface area contributed by atoms with Crippen molar-refractivity contribution in [3.63, 3.8) is 0 Å². The fourth-order valence-corrected chi connectivity index (χ4v) is 4.20. The molecule has 0 saturated heterocycles. The highest BCUT2D eigenvalue weighted by atomic mass is 19.1. The molecule has 22 heavy (non-hydrogen) atoms. The Balaban J connectivity index is 1.96. The highest BCUT2D eigenvalue weighted by molar-refractivity contribution is 5.68. The lowest BCUT2D eigenvalue weighted by Crippen LogP contribution is -2.29. The summed E-state index contributed by atoms with van der Waals surface area (Å²) in [4.78, 5) is 0. The lowest BCUT2D eigenvalue weighted by Gasteiger charge is -2.42. The molecule has 0 spiro atoms. The summed E-state index contributed by atoms with van der Waals surface area (Å²) >= 11 is 0. The summed E-state index contributed by atoms with van der Waals surface area (Å²) in [7, 11) is 0. The van der Waals surface area contributed by atoms with Gasteiger partial charge in [-0.15, -0.1) is 0 Å². The summed E-state index contributed by atoms with van der Waals surface area (Å²) in [5, 5.41) is 0. The molecule has 3 aliphatic carbocycles. The molecule has 3 aliphatic rings. The van der Waals surface area contributed by atoms with Crippen LogP contribution in [0.1, 0.15) is 45.2 Å². The van der Waals surface area contributed by atoms with Gasteiger partial charge in [-0.2, -0.15) is 0 Å². The van der Waals surface area contributed by atoms with E-state index in [1.807, 2.05) is 48.5 Å². The van der Waals surface area contributed by atoms with Crippen LogP contribution in [0, 0.1) is 11.6 Å². The molecule has 0 saturated carbocycles. The molecule has 106 valence electrons. The molecule has 0 atom stereocenters. The predicted octanol–water partition coefficient (Wildman–Crippen LogP) is 4.95. The third-order valence-electron chi connectivity index (χ3n) is 4.99. The average Bonchev–Trinajstić information content (AvgIpc) is 2.58. The molecule has 3 aromatic rings. The zero-order valence-corrected chi connectivity index (χ0v) is 11.7. The minimum absolute atomic E-state index is 0.205. The Morgan fingerprint density at radius 1 is 0.500 bits per heavy atom. The van der Waals surface area contributed by atoms with Crippen molar-refractivity contribution in [2.75, 3.05) is 0 Å². The lowest BCUT2D eigenvalue weighted by atomic mass is 9.61. The number of rotatable bonds is 0. The van der Waals surface area contributed by atoms with Gasteiger partial charge in [0.15, 0.2) is 0 Å². The minimum atomic E-state index is -0.310. The molecule has 0 aliphatic heterocycles. The standard InChI is InChI=1S/C20H12F2/c21-15-9-10-16(22)20-18-12-6-2-1-5-11(12)17(19(15)20)13-7-3-4-8-14(13)18/h1-10,17-18H. The van der Waals surface area contributed by atoms with Gasteiger partial charge in [0.25, 0.3) is 0 Å². The number of benzene rings is 3. The maximum absolute atomic E-state index is 14.5. The smallest absolute Gasteiger partial charge is 0.127 e. The first-order valence-electron chi connectivity index (χ1n) is 7.43. The van der Waals surface area contributed by atoms with Crippen LogP contribution in [0.5, 0.6) is 0 Å². The molecule has 0 radical (unpaired) electrons. The van der Waals surface area contributed by atoms with Crippen molar-refractivity contribution in [1.29, 1.82) is 0 Å². The van der Waals surface area contributed by atoms with Gasteiger partial charge in [-0.1, -0.05) is 48.5 Å². The summed E-state index contributed by atoms with van der Waals surface area (Å²) < 4.78 is 29.1. The normalized spacial score (nSPS) is 20.3. The van der Waals surface area contributed by atoms with Gasteiger partial charge in [-0.25, -0.2) is 8.78 Å². The first-order valence-corrected chi connectivity index (χ1v) is 7.43. The van der Waals surface area contributed by atoms with Gasteiger partial charge in [-0.05, 0) is 34.4 Å². The molecule has 0 unspecified atom stereocenters. The van der Waals surface area contributed by atoms with Crippen molar-refractivity contribution in [3.05, 3.63) is 106 Å². The zero-order chi connectivity index (χ0) is 14.8. The summed E-state index contributed by atoms with van der Waals surface area (Å²) in [5.74, 6) is -1.03. The zero-order valence-electron chi connectivity index (χ0n) is 11.7. The molecular formula is C20H12F2. The highest BCUT2D eigenvalue weighted by Crippen LogP contribution is 2.56. The summed E-state index contributed by atoms with van der Waals surface area (Å²) in [5.41, 5.74) is 5.43. The maximum atomic E-state index is 14.5. The number of hydrogen-bond acceptors (Lipinski definition) is 0. The Kier molecular flexibility index (Phi) is 2.22. The molecule has 0 amide bonds. The van der Waals surface area contributed by atoms with Crippen molar-refractivity contribution < 1.29 is 8.78 Å². The molecule has 0 nitrogen and oxygen atoms in total. The van der Waals surface area contributed by atoms with E-state index in [2.05, 4.69) is 0 Å². The van der Waals surface area contributed by atoms with Gasteiger partial charge < -0.3 is 0 Å². The third kappa shape index (κ3) is 1.31. The van der Waals surface area contributed by atoms with Crippen molar-refractivity contribution in [1.82, 2.24) is 0 Å². The quantitative estimate of drug-likeness (QED) is 0.378. The van der Waals surface area contributed by atoms with Crippen LogP contribution in [0.25, 0.3) is 0 Å².